The Hall–Kier alpha value is -1.97. The molecular weight excluding hydrogens is 467 g/mol. The maximum absolute atomic E-state index is 5.94. The van der Waals surface area contributed by atoms with E-state index in [0.29, 0.717) is 6.61 Å². The second kappa shape index (κ2) is 9.49. The van der Waals surface area contributed by atoms with Crippen molar-refractivity contribution in [3.05, 3.63) is 52.4 Å². The Morgan fingerprint density at radius 1 is 1.11 bits per heavy atom. The Balaban J connectivity index is 1.38. The van der Waals surface area contributed by atoms with Gasteiger partial charge in [-0.3, -0.25) is 4.90 Å². The van der Waals surface area contributed by atoms with Gasteiger partial charge in [-0.1, -0.05) is 6.07 Å². The summed E-state index contributed by atoms with van der Waals surface area (Å²) in [5.41, 5.74) is 1.88. The molecule has 6 nitrogen and oxygen atoms in total. The molecule has 0 atom stereocenters. The van der Waals surface area contributed by atoms with E-state index in [2.05, 4.69) is 54.9 Å². The Bertz CT molecular complexity index is 931. The largest absolute Gasteiger partial charge is 0.493 e. The highest BCUT2D eigenvalue weighted by atomic mass is 127. The average molecular weight is 490 g/mol. The molecule has 0 amide bonds. The van der Waals surface area contributed by atoms with E-state index in [-0.39, 0.29) is 0 Å². The number of anilines is 2. The van der Waals surface area contributed by atoms with Crippen molar-refractivity contribution in [2.24, 2.45) is 0 Å². The Labute approximate surface area is 178 Å². The average Bonchev–Trinajstić information content (AvgIpc) is 2.72. The lowest BCUT2D eigenvalue weighted by molar-refractivity contribution is 0.0358. The molecule has 1 aromatic heterocycles. The number of nitrogens with zero attached hydrogens (tertiary/aromatic N) is 3. The van der Waals surface area contributed by atoms with Crippen molar-refractivity contribution in [1.82, 2.24) is 14.9 Å². The van der Waals surface area contributed by atoms with Crippen LogP contribution in [0.25, 0.3) is 10.9 Å². The summed E-state index contributed by atoms with van der Waals surface area (Å²) in [6.07, 6.45) is 2.59. The van der Waals surface area contributed by atoms with Crippen molar-refractivity contribution in [3.8, 4) is 5.75 Å². The highest BCUT2D eigenvalue weighted by Gasteiger charge is 2.10. The normalized spacial score (nSPS) is 14.9. The lowest BCUT2D eigenvalue weighted by Crippen LogP contribution is -2.37. The smallest absolute Gasteiger partial charge is 0.141 e. The quantitative estimate of drug-likeness (QED) is 0.398. The number of benzene rings is 2. The lowest BCUT2D eigenvalue weighted by Gasteiger charge is -2.26. The molecule has 4 rings (SSSR count). The summed E-state index contributed by atoms with van der Waals surface area (Å²) in [6, 6.07) is 14.2. The number of rotatable bonds is 7. The molecule has 28 heavy (non-hydrogen) atoms. The number of morpholine rings is 1. The highest BCUT2D eigenvalue weighted by molar-refractivity contribution is 14.1. The van der Waals surface area contributed by atoms with E-state index in [1.165, 1.54) is 3.57 Å². The highest BCUT2D eigenvalue weighted by Crippen LogP contribution is 2.26. The third-order valence-corrected chi connectivity index (χ3v) is 5.36. The van der Waals surface area contributed by atoms with Crippen molar-refractivity contribution >= 4 is 45.0 Å². The third-order valence-electron chi connectivity index (χ3n) is 4.69. The lowest BCUT2D eigenvalue weighted by atomic mass is 10.2. The van der Waals surface area contributed by atoms with Crippen LogP contribution in [0.2, 0.25) is 0 Å². The first-order valence-corrected chi connectivity index (χ1v) is 10.6. The van der Waals surface area contributed by atoms with Crippen LogP contribution in [-0.4, -0.2) is 54.3 Å². The van der Waals surface area contributed by atoms with Crippen LogP contribution in [-0.2, 0) is 4.74 Å². The van der Waals surface area contributed by atoms with Gasteiger partial charge in [0.1, 0.15) is 17.9 Å². The molecule has 1 saturated heterocycles. The Kier molecular flexibility index (Phi) is 6.56. The van der Waals surface area contributed by atoms with Gasteiger partial charge in [0.05, 0.1) is 25.3 Å². The molecule has 0 bridgehead atoms. The fourth-order valence-electron chi connectivity index (χ4n) is 3.23. The van der Waals surface area contributed by atoms with Gasteiger partial charge in [-0.2, -0.15) is 0 Å². The van der Waals surface area contributed by atoms with Crippen LogP contribution in [0.4, 0.5) is 11.5 Å². The fraction of sp³-hybridized carbons (Fsp3) is 0.333. The molecule has 1 aliphatic rings. The van der Waals surface area contributed by atoms with Gasteiger partial charge in [-0.15, -0.1) is 0 Å². The van der Waals surface area contributed by atoms with Crippen LogP contribution >= 0.6 is 22.6 Å². The minimum Gasteiger partial charge on any atom is -0.493 e. The maximum Gasteiger partial charge on any atom is 0.141 e. The van der Waals surface area contributed by atoms with Crippen LogP contribution in [0.5, 0.6) is 5.75 Å². The first-order chi connectivity index (χ1) is 13.8. The van der Waals surface area contributed by atoms with E-state index in [0.717, 1.165) is 67.4 Å². The zero-order valence-corrected chi connectivity index (χ0v) is 17.8. The molecule has 0 saturated carbocycles. The number of ether oxygens (including phenoxy) is 2. The van der Waals surface area contributed by atoms with E-state index in [1.54, 1.807) is 6.33 Å². The van der Waals surface area contributed by atoms with Crippen LogP contribution < -0.4 is 10.1 Å². The van der Waals surface area contributed by atoms with E-state index >= 15 is 0 Å². The van der Waals surface area contributed by atoms with E-state index in [9.17, 15) is 0 Å². The molecule has 7 heteroatoms. The number of hydrogen-bond acceptors (Lipinski definition) is 6. The topological polar surface area (TPSA) is 59.5 Å². The molecule has 0 unspecified atom stereocenters. The third kappa shape index (κ3) is 5.09. The van der Waals surface area contributed by atoms with Gasteiger partial charge in [-0.05, 0) is 59.3 Å². The summed E-state index contributed by atoms with van der Waals surface area (Å²) in [4.78, 5) is 11.2. The van der Waals surface area contributed by atoms with Gasteiger partial charge in [-0.25, -0.2) is 9.97 Å². The second-order valence-electron chi connectivity index (χ2n) is 6.69. The molecule has 0 aliphatic carbocycles. The molecule has 146 valence electrons. The number of halogens is 1. The van der Waals surface area contributed by atoms with Crippen molar-refractivity contribution < 1.29 is 9.47 Å². The molecule has 0 spiro atoms. The molecule has 1 fully saturated rings. The van der Waals surface area contributed by atoms with Crippen LogP contribution in [0, 0.1) is 3.57 Å². The predicted molar refractivity (Wildman–Crippen MR) is 119 cm³/mol. The van der Waals surface area contributed by atoms with Crippen LogP contribution in [0.15, 0.2) is 48.8 Å². The summed E-state index contributed by atoms with van der Waals surface area (Å²) < 4.78 is 12.5. The first kappa shape index (κ1) is 19.4. The molecule has 0 radical (unpaired) electrons. The molecule has 3 aromatic rings. The Morgan fingerprint density at radius 2 is 2.00 bits per heavy atom. The minimum absolute atomic E-state index is 0.696. The predicted octanol–water partition coefficient (Wildman–Crippen LogP) is 4.08. The first-order valence-electron chi connectivity index (χ1n) is 9.48. The summed E-state index contributed by atoms with van der Waals surface area (Å²) in [5, 5.41) is 4.36. The van der Waals surface area contributed by atoms with Gasteiger partial charge >= 0.3 is 0 Å². The number of hydrogen-bond donors (Lipinski definition) is 1. The van der Waals surface area contributed by atoms with Gasteiger partial charge in [0.2, 0.25) is 0 Å². The summed E-state index contributed by atoms with van der Waals surface area (Å²) >= 11 is 2.30. The molecule has 2 aromatic carbocycles. The second-order valence-corrected chi connectivity index (χ2v) is 7.94. The van der Waals surface area contributed by atoms with Crippen molar-refractivity contribution in [1.29, 1.82) is 0 Å². The zero-order chi connectivity index (χ0) is 19.2. The standard InChI is InChI=1S/C21H23IN4O2/c22-16-3-1-4-17(13-16)25-21-19-6-5-18(14-20(19)23-15-24-21)28-10-2-7-26-8-11-27-12-9-26/h1,3-6,13-15H,2,7-12H2,(H,23,24,25). The van der Waals surface area contributed by atoms with Gasteiger partial charge < -0.3 is 14.8 Å². The van der Waals surface area contributed by atoms with Gasteiger partial charge in [0.25, 0.3) is 0 Å². The van der Waals surface area contributed by atoms with Gasteiger partial charge in [0.15, 0.2) is 0 Å². The number of nitrogens with one attached hydrogen (secondary N) is 1. The van der Waals surface area contributed by atoms with Crippen molar-refractivity contribution in [3.63, 3.8) is 0 Å². The van der Waals surface area contributed by atoms with Crippen molar-refractivity contribution in [2.45, 2.75) is 6.42 Å². The summed E-state index contributed by atoms with van der Waals surface area (Å²) in [7, 11) is 0. The van der Waals surface area contributed by atoms with E-state index in [1.807, 2.05) is 30.3 Å². The number of aromatic nitrogens is 2. The van der Waals surface area contributed by atoms with E-state index < -0.39 is 0 Å². The Morgan fingerprint density at radius 3 is 2.86 bits per heavy atom. The number of fused-ring (bicyclic) bond motifs is 1. The summed E-state index contributed by atoms with van der Waals surface area (Å²) in [5.74, 6) is 1.64. The summed E-state index contributed by atoms with van der Waals surface area (Å²) in [6.45, 7) is 5.45. The molecular formula is C21H23IN4O2. The monoisotopic (exact) mass is 490 g/mol. The molecule has 1 N–H and O–H groups in total. The van der Waals surface area contributed by atoms with Crippen LogP contribution in [0.3, 0.4) is 0 Å². The van der Waals surface area contributed by atoms with Crippen molar-refractivity contribution in [2.75, 3.05) is 44.8 Å². The van der Waals surface area contributed by atoms with E-state index in [4.69, 9.17) is 9.47 Å². The van der Waals surface area contributed by atoms with Crippen LogP contribution in [0.1, 0.15) is 6.42 Å². The minimum atomic E-state index is 0.696. The molecule has 2 heterocycles. The SMILES string of the molecule is Ic1cccc(Nc2ncnc3cc(OCCCN4CCOCC4)ccc23)c1. The maximum atomic E-state index is 5.94. The zero-order valence-electron chi connectivity index (χ0n) is 15.6. The molecule has 1 aliphatic heterocycles. The van der Waals surface area contributed by atoms with Gasteiger partial charge in [0, 0.05) is 40.3 Å². The fourth-order valence-corrected chi connectivity index (χ4v) is 3.78.